The number of amides is 2. The van der Waals surface area contributed by atoms with Crippen LogP contribution >= 0.6 is 0 Å². The molecule has 4 N–H and O–H groups in total. The third-order valence-corrected chi connectivity index (χ3v) is 2.90. The zero-order valence-electron chi connectivity index (χ0n) is 10.4. The minimum atomic E-state index is -1.42. The molecule has 7 nitrogen and oxygen atoms in total. The number of nitrogens with one attached hydrogen (secondary N) is 2. The van der Waals surface area contributed by atoms with E-state index in [9.17, 15) is 9.59 Å². The molecule has 0 aliphatic carbocycles. The van der Waals surface area contributed by atoms with E-state index in [0.29, 0.717) is 6.54 Å². The van der Waals surface area contributed by atoms with Crippen LogP contribution in [0.4, 0.5) is 4.79 Å². The van der Waals surface area contributed by atoms with Gasteiger partial charge in [0.2, 0.25) is 0 Å². The van der Waals surface area contributed by atoms with Gasteiger partial charge < -0.3 is 25.7 Å². The summed E-state index contributed by atoms with van der Waals surface area (Å²) >= 11 is 0. The summed E-state index contributed by atoms with van der Waals surface area (Å²) in [5.41, 5.74) is 0. The zero-order chi connectivity index (χ0) is 13.4. The van der Waals surface area contributed by atoms with Crippen LogP contribution in [-0.2, 0) is 4.79 Å². The maximum absolute atomic E-state index is 11.3. The molecule has 1 atom stereocenters. The van der Waals surface area contributed by atoms with Crippen LogP contribution in [0.15, 0.2) is 0 Å². The van der Waals surface area contributed by atoms with Gasteiger partial charge in [-0.1, -0.05) is 0 Å². The number of hydrogen-bond acceptors (Lipinski definition) is 4. The van der Waals surface area contributed by atoms with Gasteiger partial charge in [0.15, 0.2) is 6.10 Å². The average Bonchev–Trinajstić information content (AvgIpc) is 2.81. The van der Waals surface area contributed by atoms with Gasteiger partial charge in [-0.05, 0) is 25.9 Å². The molecule has 0 aromatic heterocycles. The van der Waals surface area contributed by atoms with Crippen LogP contribution in [0.2, 0.25) is 0 Å². The first-order chi connectivity index (χ1) is 8.59. The third-order valence-electron chi connectivity index (χ3n) is 2.90. The van der Waals surface area contributed by atoms with Crippen molar-refractivity contribution >= 4 is 12.0 Å². The van der Waals surface area contributed by atoms with E-state index in [2.05, 4.69) is 15.5 Å². The maximum atomic E-state index is 11.3. The van der Waals surface area contributed by atoms with Gasteiger partial charge in [0.1, 0.15) is 0 Å². The highest BCUT2D eigenvalue weighted by molar-refractivity contribution is 5.74. The van der Waals surface area contributed by atoms with E-state index in [0.717, 1.165) is 19.6 Å². The Morgan fingerprint density at radius 3 is 2.39 bits per heavy atom. The highest BCUT2D eigenvalue weighted by atomic mass is 16.4. The smallest absolute Gasteiger partial charge is 0.332 e. The molecule has 0 spiro atoms. The molecular formula is C11H21N3O4. The summed E-state index contributed by atoms with van der Waals surface area (Å²) in [7, 11) is 0. The standard InChI is InChI=1S/C11H21N3O4/c15-9(10(16)17)3-4-12-11(18)13-5-8-14-6-1-2-7-14/h9,15H,1-8H2,(H,16,17)(H2,12,13,18). The van der Waals surface area contributed by atoms with Gasteiger partial charge in [0.25, 0.3) is 0 Å². The van der Waals surface area contributed by atoms with E-state index in [1.54, 1.807) is 0 Å². The van der Waals surface area contributed by atoms with Crippen LogP contribution in [-0.4, -0.2) is 65.9 Å². The summed E-state index contributed by atoms with van der Waals surface area (Å²) in [6.07, 6.45) is 1.03. The summed E-state index contributed by atoms with van der Waals surface area (Å²) in [6, 6.07) is -0.327. The lowest BCUT2D eigenvalue weighted by Gasteiger charge is -2.15. The first-order valence-electron chi connectivity index (χ1n) is 6.24. The lowest BCUT2D eigenvalue weighted by Crippen LogP contribution is -2.41. The lowest BCUT2D eigenvalue weighted by atomic mass is 10.2. The number of aliphatic carboxylic acids is 1. The Labute approximate surface area is 106 Å². The van der Waals surface area contributed by atoms with Crippen LogP contribution in [0.3, 0.4) is 0 Å². The minimum Gasteiger partial charge on any atom is -0.479 e. The quantitative estimate of drug-likeness (QED) is 0.480. The molecule has 0 bridgehead atoms. The van der Waals surface area contributed by atoms with E-state index >= 15 is 0 Å². The number of carbonyl (C=O) groups excluding carboxylic acids is 1. The molecule has 7 heteroatoms. The van der Waals surface area contributed by atoms with E-state index in [4.69, 9.17) is 10.2 Å². The fourth-order valence-electron chi connectivity index (χ4n) is 1.84. The molecule has 1 fully saturated rings. The topological polar surface area (TPSA) is 102 Å². The van der Waals surface area contributed by atoms with Crippen molar-refractivity contribution in [2.75, 3.05) is 32.7 Å². The highest BCUT2D eigenvalue weighted by Crippen LogP contribution is 2.05. The van der Waals surface area contributed by atoms with Crippen molar-refractivity contribution in [3.63, 3.8) is 0 Å². The summed E-state index contributed by atoms with van der Waals surface area (Å²) < 4.78 is 0. The molecule has 0 radical (unpaired) electrons. The van der Waals surface area contributed by atoms with Gasteiger partial charge in [-0.2, -0.15) is 0 Å². The number of nitrogens with zero attached hydrogens (tertiary/aromatic N) is 1. The highest BCUT2D eigenvalue weighted by Gasteiger charge is 2.13. The van der Waals surface area contributed by atoms with Crippen LogP contribution in [0.5, 0.6) is 0 Å². The Kier molecular flexibility index (Phi) is 6.45. The number of aliphatic hydroxyl groups is 1. The molecule has 1 saturated heterocycles. The van der Waals surface area contributed by atoms with Crippen LogP contribution in [0.1, 0.15) is 19.3 Å². The average molecular weight is 259 g/mol. The molecule has 1 aliphatic heterocycles. The van der Waals surface area contributed by atoms with E-state index in [-0.39, 0.29) is 19.0 Å². The van der Waals surface area contributed by atoms with Crippen molar-refractivity contribution < 1.29 is 19.8 Å². The third kappa shape index (κ3) is 5.83. The number of urea groups is 1. The van der Waals surface area contributed by atoms with E-state index in [1.165, 1.54) is 12.8 Å². The van der Waals surface area contributed by atoms with E-state index < -0.39 is 12.1 Å². The molecule has 2 amide bonds. The van der Waals surface area contributed by atoms with Gasteiger partial charge >= 0.3 is 12.0 Å². The number of hydrogen-bond donors (Lipinski definition) is 4. The van der Waals surface area contributed by atoms with Gasteiger partial charge in [-0.25, -0.2) is 9.59 Å². The minimum absolute atomic E-state index is 0.00881. The number of rotatable bonds is 7. The molecule has 0 aromatic rings. The Morgan fingerprint density at radius 1 is 1.17 bits per heavy atom. The van der Waals surface area contributed by atoms with Crippen LogP contribution < -0.4 is 10.6 Å². The molecule has 1 aliphatic rings. The van der Waals surface area contributed by atoms with Crippen LogP contribution in [0.25, 0.3) is 0 Å². The molecule has 0 aromatic carbocycles. The zero-order valence-corrected chi connectivity index (χ0v) is 10.4. The second kappa shape index (κ2) is 7.88. The summed E-state index contributed by atoms with van der Waals surface area (Å²) in [6.45, 7) is 3.74. The largest absolute Gasteiger partial charge is 0.479 e. The van der Waals surface area contributed by atoms with Gasteiger partial charge in [-0.3, -0.25) is 0 Å². The van der Waals surface area contributed by atoms with Gasteiger partial charge in [-0.15, -0.1) is 0 Å². The predicted molar refractivity (Wildman–Crippen MR) is 65.3 cm³/mol. The van der Waals surface area contributed by atoms with Gasteiger partial charge in [0, 0.05) is 26.1 Å². The molecule has 104 valence electrons. The van der Waals surface area contributed by atoms with E-state index in [1.807, 2.05) is 0 Å². The predicted octanol–water partition coefficient (Wildman–Crippen LogP) is -0.783. The van der Waals surface area contributed by atoms with Gasteiger partial charge in [0.05, 0.1) is 0 Å². The summed E-state index contributed by atoms with van der Waals surface area (Å²) in [4.78, 5) is 23.9. The maximum Gasteiger partial charge on any atom is 0.332 e. The summed E-state index contributed by atoms with van der Waals surface area (Å²) in [5, 5.41) is 22.6. The SMILES string of the molecule is O=C(NCCC(O)C(=O)O)NCCN1CCCC1. The molecule has 18 heavy (non-hydrogen) atoms. The van der Waals surface area contributed by atoms with Crippen molar-refractivity contribution in [3.05, 3.63) is 0 Å². The Bertz CT molecular complexity index is 279. The number of aliphatic hydroxyl groups excluding tert-OH is 1. The molecule has 1 rings (SSSR count). The van der Waals surface area contributed by atoms with Crippen molar-refractivity contribution in [2.24, 2.45) is 0 Å². The molecule has 1 heterocycles. The number of likely N-dealkylation sites (tertiary alicyclic amines) is 1. The second-order valence-corrected chi connectivity index (χ2v) is 4.37. The Balaban J connectivity index is 1.98. The molecular weight excluding hydrogens is 238 g/mol. The number of carbonyl (C=O) groups is 2. The van der Waals surface area contributed by atoms with Crippen molar-refractivity contribution in [3.8, 4) is 0 Å². The fraction of sp³-hybridized carbons (Fsp3) is 0.818. The molecule has 1 unspecified atom stereocenters. The summed E-state index contributed by atoms with van der Waals surface area (Å²) in [5.74, 6) is -1.27. The van der Waals surface area contributed by atoms with Crippen molar-refractivity contribution in [1.82, 2.24) is 15.5 Å². The second-order valence-electron chi connectivity index (χ2n) is 4.37. The fourth-order valence-corrected chi connectivity index (χ4v) is 1.84. The monoisotopic (exact) mass is 259 g/mol. The number of carboxylic acid groups (broad SMARTS) is 1. The Hall–Kier alpha value is -1.34. The first kappa shape index (κ1) is 14.7. The van der Waals surface area contributed by atoms with Crippen molar-refractivity contribution in [1.29, 1.82) is 0 Å². The normalized spacial score (nSPS) is 17.4. The van der Waals surface area contributed by atoms with Crippen molar-refractivity contribution in [2.45, 2.75) is 25.4 Å². The first-order valence-corrected chi connectivity index (χ1v) is 6.24. The van der Waals surface area contributed by atoms with Crippen LogP contribution in [0, 0.1) is 0 Å². The Morgan fingerprint density at radius 2 is 1.78 bits per heavy atom. The lowest BCUT2D eigenvalue weighted by molar-refractivity contribution is -0.146. The molecule has 0 saturated carbocycles. The number of carboxylic acids is 1.